The van der Waals surface area contributed by atoms with Crippen LogP contribution in [0.1, 0.15) is 50.5 Å². The largest absolute Gasteiger partial charge is 0.508 e. The first-order valence-electron chi connectivity index (χ1n) is 13.1. The number of fused-ring (bicyclic) bond motifs is 1. The maximum atomic E-state index is 12.0. The molecular formula is C30H35NO5S. The van der Waals surface area contributed by atoms with Crippen LogP contribution in [0.3, 0.4) is 0 Å². The Labute approximate surface area is 219 Å². The van der Waals surface area contributed by atoms with Gasteiger partial charge in [0.05, 0.1) is 11.9 Å². The molecule has 0 saturated carbocycles. The number of hydrogen-bond acceptors (Lipinski definition) is 6. The Kier molecular flexibility index (Phi) is 7.72. The minimum Gasteiger partial charge on any atom is -0.508 e. The SMILES string of the molecule is CS(=O)(=O)C1CC=C(c2ccc3cc(O)ccc3c2Oc2ccc(OCCC3CCCCN3)cc2)CC1. The fourth-order valence-corrected chi connectivity index (χ4v) is 6.30. The van der Waals surface area contributed by atoms with Gasteiger partial charge in [-0.05, 0) is 98.5 Å². The van der Waals surface area contributed by atoms with Gasteiger partial charge in [-0.25, -0.2) is 8.42 Å². The fraction of sp³-hybridized carbons (Fsp3) is 0.400. The average Bonchev–Trinajstić information content (AvgIpc) is 2.90. The Morgan fingerprint density at radius 1 is 1.00 bits per heavy atom. The molecule has 0 bridgehead atoms. The van der Waals surface area contributed by atoms with E-state index in [1.165, 1.54) is 25.5 Å². The summed E-state index contributed by atoms with van der Waals surface area (Å²) in [5.74, 6) is 2.41. The van der Waals surface area contributed by atoms with Crippen molar-refractivity contribution >= 4 is 26.2 Å². The first-order valence-corrected chi connectivity index (χ1v) is 15.1. The van der Waals surface area contributed by atoms with E-state index in [0.717, 1.165) is 40.6 Å². The van der Waals surface area contributed by atoms with Crippen LogP contribution in [-0.4, -0.2) is 44.2 Å². The second-order valence-electron chi connectivity index (χ2n) is 10.2. The summed E-state index contributed by atoms with van der Waals surface area (Å²) in [4.78, 5) is 0. The molecule has 1 saturated heterocycles. The van der Waals surface area contributed by atoms with Gasteiger partial charge >= 0.3 is 0 Å². The Bertz CT molecular complexity index is 1380. The maximum Gasteiger partial charge on any atom is 0.150 e. The quantitative estimate of drug-likeness (QED) is 0.366. The van der Waals surface area contributed by atoms with E-state index in [-0.39, 0.29) is 11.0 Å². The van der Waals surface area contributed by atoms with E-state index in [1.807, 2.05) is 48.5 Å². The summed E-state index contributed by atoms with van der Waals surface area (Å²) < 4.78 is 36.5. The van der Waals surface area contributed by atoms with Crippen molar-refractivity contribution in [3.05, 3.63) is 66.2 Å². The highest BCUT2D eigenvalue weighted by Gasteiger charge is 2.25. The molecule has 2 N–H and O–H groups in total. The molecule has 2 aliphatic rings. The monoisotopic (exact) mass is 521 g/mol. The summed E-state index contributed by atoms with van der Waals surface area (Å²) in [6.07, 6.45) is 9.87. The van der Waals surface area contributed by atoms with Crippen LogP contribution in [0.15, 0.2) is 60.7 Å². The summed E-state index contributed by atoms with van der Waals surface area (Å²) in [6, 6.07) is 17.4. The molecule has 2 unspecified atom stereocenters. The molecule has 0 radical (unpaired) electrons. The van der Waals surface area contributed by atoms with E-state index in [0.29, 0.717) is 43.4 Å². The summed E-state index contributed by atoms with van der Waals surface area (Å²) in [5.41, 5.74) is 2.03. The third-order valence-electron chi connectivity index (χ3n) is 7.46. The van der Waals surface area contributed by atoms with Crippen LogP contribution < -0.4 is 14.8 Å². The summed E-state index contributed by atoms with van der Waals surface area (Å²) in [5, 5.41) is 15.0. The second-order valence-corrected chi connectivity index (χ2v) is 12.5. The van der Waals surface area contributed by atoms with Crippen LogP contribution >= 0.6 is 0 Å². The van der Waals surface area contributed by atoms with Crippen molar-refractivity contribution in [3.63, 3.8) is 0 Å². The number of phenolic OH excluding ortho intramolecular Hbond substituents is 1. The molecule has 37 heavy (non-hydrogen) atoms. The van der Waals surface area contributed by atoms with E-state index in [2.05, 4.69) is 5.32 Å². The lowest BCUT2D eigenvalue weighted by Crippen LogP contribution is -2.35. The molecule has 5 rings (SSSR count). The fourth-order valence-electron chi connectivity index (χ4n) is 5.31. The third-order valence-corrected chi connectivity index (χ3v) is 9.10. The van der Waals surface area contributed by atoms with Crippen LogP contribution in [0.4, 0.5) is 0 Å². The molecule has 1 heterocycles. The van der Waals surface area contributed by atoms with Crippen LogP contribution in [0.25, 0.3) is 16.3 Å². The van der Waals surface area contributed by atoms with Crippen molar-refractivity contribution in [2.45, 2.75) is 56.2 Å². The van der Waals surface area contributed by atoms with Crippen molar-refractivity contribution in [3.8, 4) is 23.0 Å². The molecule has 3 aromatic carbocycles. The molecule has 2 atom stereocenters. The highest BCUT2D eigenvalue weighted by atomic mass is 32.2. The third kappa shape index (κ3) is 6.28. The number of hydrogen-bond donors (Lipinski definition) is 2. The lowest BCUT2D eigenvalue weighted by Gasteiger charge is -2.23. The summed E-state index contributed by atoms with van der Waals surface area (Å²) >= 11 is 0. The molecule has 1 fully saturated rings. The van der Waals surface area contributed by atoms with E-state index in [4.69, 9.17) is 9.47 Å². The zero-order valence-electron chi connectivity index (χ0n) is 21.3. The molecule has 1 aliphatic heterocycles. The van der Waals surface area contributed by atoms with Crippen LogP contribution in [-0.2, 0) is 9.84 Å². The standard InChI is InChI=1S/C30H35NO5S/c1-37(33,34)27-13-5-21(6-14-27)28-15-7-22-20-24(32)8-16-29(22)30(28)36-26-11-9-25(10-12-26)35-19-17-23-4-2-3-18-31-23/h5,7-12,15-16,20,23,27,31-32H,2-4,6,13-14,17-19H2,1H3. The molecule has 6 nitrogen and oxygen atoms in total. The highest BCUT2D eigenvalue weighted by molar-refractivity contribution is 7.91. The normalized spacial score (nSPS) is 20.4. The minimum absolute atomic E-state index is 0.198. The number of allylic oxidation sites excluding steroid dienone is 2. The molecule has 0 spiro atoms. The van der Waals surface area contributed by atoms with Crippen molar-refractivity contribution < 1.29 is 23.0 Å². The topological polar surface area (TPSA) is 84.9 Å². The first kappa shape index (κ1) is 25.6. The van der Waals surface area contributed by atoms with Gasteiger partial charge < -0.3 is 19.9 Å². The zero-order chi connectivity index (χ0) is 25.8. The van der Waals surface area contributed by atoms with Gasteiger partial charge in [0.1, 0.15) is 23.0 Å². The number of piperidine rings is 1. The molecule has 3 aromatic rings. The number of phenols is 1. The summed E-state index contributed by atoms with van der Waals surface area (Å²) in [7, 11) is -3.07. The zero-order valence-corrected chi connectivity index (χ0v) is 22.1. The first-order chi connectivity index (χ1) is 17.9. The Balaban J connectivity index is 1.35. The Morgan fingerprint density at radius 3 is 2.51 bits per heavy atom. The highest BCUT2D eigenvalue weighted by Crippen LogP contribution is 2.41. The number of sulfone groups is 1. The van der Waals surface area contributed by atoms with Gasteiger partial charge in [0.2, 0.25) is 0 Å². The number of ether oxygens (including phenoxy) is 2. The second kappa shape index (κ2) is 11.2. The number of aromatic hydroxyl groups is 1. The molecule has 0 amide bonds. The lowest BCUT2D eigenvalue weighted by atomic mass is 9.91. The molecule has 7 heteroatoms. The van der Waals surface area contributed by atoms with Gasteiger partial charge in [-0.3, -0.25) is 0 Å². The van der Waals surface area contributed by atoms with E-state index in [9.17, 15) is 13.5 Å². The molecular weight excluding hydrogens is 486 g/mol. The van der Waals surface area contributed by atoms with Gasteiger partial charge in [-0.1, -0.05) is 24.6 Å². The van der Waals surface area contributed by atoms with Gasteiger partial charge in [0, 0.05) is 23.2 Å². The van der Waals surface area contributed by atoms with Crippen molar-refractivity contribution in [1.29, 1.82) is 0 Å². The maximum absolute atomic E-state index is 12.0. The minimum atomic E-state index is -3.07. The Hall–Kier alpha value is -3.03. The van der Waals surface area contributed by atoms with E-state index in [1.54, 1.807) is 12.1 Å². The van der Waals surface area contributed by atoms with Gasteiger partial charge in [0.15, 0.2) is 9.84 Å². The Morgan fingerprint density at radius 2 is 1.81 bits per heavy atom. The van der Waals surface area contributed by atoms with Gasteiger partial charge in [0.25, 0.3) is 0 Å². The van der Waals surface area contributed by atoms with Crippen molar-refractivity contribution in [1.82, 2.24) is 5.32 Å². The van der Waals surface area contributed by atoms with E-state index >= 15 is 0 Å². The number of benzene rings is 3. The van der Waals surface area contributed by atoms with Gasteiger partial charge in [-0.2, -0.15) is 0 Å². The molecule has 196 valence electrons. The average molecular weight is 522 g/mol. The van der Waals surface area contributed by atoms with Crippen molar-refractivity contribution in [2.24, 2.45) is 0 Å². The smallest absolute Gasteiger partial charge is 0.150 e. The number of nitrogens with one attached hydrogen (secondary N) is 1. The predicted octanol–water partition coefficient (Wildman–Crippen LogP) is 6.23. The molecule has 1 aliphatic carbocycles. The van der Waals surface area contributed by atoms with Crippen LogP contribution in [0, 0.1) is 0 Å². The van der Waals surface area contributed by atoms with Crippen molar-refractivity contribution in [2.75, 3.05) is 19.4 Å². The van der Waals surface area contributed by atoms with Gasteiger partial charge in [-0.15, -0.1) is 0 Å². The predicted molar refractivity (Wildman–Crippen MR) is 148 cm³/mol. The van der Waals surface area contributed by atoms with Crippen LogP contribution in [0.5, 0.6) is 23.0 Å². The molecule has 0 aromatic heterocycles. The van der Waals surface area contributed by atoms with E-state index < -0.39 is 9.84 Å². The summed E-state index contributed by atoms with van der Waals surface area (Å²) in [6.45, 7) is 1.78. The number of rotatable bonds is 8. The lowest BCUT2D eigenvalue weighted by molar-refractivity contribution is 0.268. The van der Waals surface area contributed by atoms with Crippen LogP contribution in [0.2, 0.25) is 0 Å².